The molecule has 130 valence electrons. The number of benzene rings is 1. The van der Waals surface area contributed by atoms with Gasteiger partial charge in [0.2, 0.25) is 0 Å². The summed E-state index contributed by atoms with van der Waals surface area (Å²) in [6, 6.07) is 13.1. The van der Waals surface area contributed by atoms with Crippen molar-refractivity contribution < 1.29 is 4.42 Å². The third-order valence-electron chi connectivity index (χ3n) is 4.29. The molecule has 4 aromatic rings. The summed E-state index contributed by atoms with van der Waals surface area (Å²) in [4.78, 5) is 25.8. The minimum atomic E-state index is -0.343. The van der Waals surface area contributed by atoms with Crippen LogP contribution in [0.3, 0.4) is 0 Å². The van der Waals surface area contributed by atoms with Crippen molar-refractivity contribution in [2.24, 2.45) is 0 Å². The first-order valence-electron chi connectivity index (χ1n) is 8.12. The average molecular weight is 364 g/mol. The summed E-state index contributed by atoms with van der Waals surface area (Å²) in [5, 5.41) is 1.83. The Balaban J connectivity index is 1.84. The van der Waals surface area contributed by atoms with Gasteiger partial charge in [-0.1, -0.05) is 36.9 Å². The van der Waals surface area contributed by atoms with Gasteiger partial charge in [0.25, 0.3) is 5.56 Å². The van der Waals surface area contributed by atoms with E-state index in [-0.39, 0.29) is 17.8 Å². The second-order valence-corrected chi connectivity index (χ2v) is 6.84. The van der Waals surface area contributed by atoms with E-state index in [9.17, 15) is 9.59 Å². The monoisotopic (exact) mass is 364 g/mol. The van der Waals surface area contributed by atoms with Crippen LogP contribution >= 0.6 is 11.3 Å². The van der Waals surface area contributed by atoms with Gasteiger partial charge in [-0.15, -0.1) is 11.3 Å². The van der Waals surface area contributed by atoms with Crippen molar-refractivity contribution in [1.29, 1.82) is 0 Å². The van der Waals surface area contributed by atoms with Crippen molar-refractivity contribution in [3.63, 3.8) is 0 Å². The molecule has 0 amide bonds. The average Bonchev–Trinajstić information content (AvgIpc) is 3.34. The topological polar surface area (TPSA) is 57.1 Å². The first-order valence-corrected chi connectivity index (χ1v) is 9.00. The number of rotatable bonds is 5. The van der Waals surface area contributed by atoms with E-state index in [4.69, 9.17) is 4.42 Å². The van der Waals surface area contributed by atoms with Gasteiger partial charge in [0.05, 0.1) is 24.9 Å². The maximum absolute atomic E-state index is 13.0. The van der Waals surface area contributed by atoms with Gasteiger partial charge in [-0.25, -0.2) is 4.79 Å². The number of nitrogens with zero attached hydrogens (tertiary/aromatic N) is 2. The van der Waals surface area contributed by atoms with E-state index in [0.29, 0.717) is 22.5 Å². The standard InChI is InChI=1S/C20H16N2O3S/c1-2-14-5-7-15(8-6-14)12-21-17-9-11-26-18(17)19(23)22(20(21)24)13-16-4-3-10-25-16/h2-11H,1,12-13H2. The largest absolute Gasteiger partial charge is 0.467 e. The zero-order chi connectivity index (χ0) is 18.1. The van der Waals surface area contributed by atoms with Crippen LogP contribution in [-0.4, -0.2) is 9.13 Å². The molecule has 26 heavy (non-hydrogen) atoms. The number of aromatic nitrogens is 2. The quantitative estimate of drug-likeness (QED) is 0.544. The van der Waals surface area contributed by atoms with Gasteiger partial charge in [-0.2, -0.15) is 0 Å². The van der Waals surface area contributed by atoms with E-state index >= 15 is 0 Å². The predicted molar refractivity (Wildman–Crippen MR) is 104 cm³/mol. The lowest BCUT2D eigenvalue weighted by Gasteiger charge is -2.12. The lowest BCUT2D eigenvalue weighted by molar-refractivity contribution is 0.479. The van der Waals surface area contributed by atoms with Gasteiger partial charge in [-0.05, 0) is 34.7 Å². The molecule has 4 rings (SSSR count). The second-order valence-electron chi connectivity index (χ2n) is 5.92. The second kappa shape index (κ2) is 6.65. The Kier molecular flexibility index (Phi) is 4.18. The van der Waals surface area contributed by atoms with Crippen LogP contribution < -0.4 is 11.2 Å². The highest BCUT2D eigenvalue weighted by Gasteiger charge is 2.15. The normalized spacial score (nSPS) is 11.1. The van der Waals surface area contributed by atoms with E-state index < -0.39 is 0 Å². The van der Waals surface area contributed by atoms with Crippen molar-refractivity contribution in [3.8, 4) is 0 Å². The summed E-state index contributed by atoms with van der Waals surface area (Å²) in [6.45, 7) is 4.26. The van der Waals surface area contributed by atoms with Gasteiger partial charge in [0.1, 0.15) is 10.5 Å². The highest BCUT2D eigenvalue weighted by molar-refractivity contribution is 7.17. The maximum Gasteiger partial charge on any atom is 0.332 e. The smallest absolute Gasteiger partial charge is 0.332 e. The molecular weight excluding hydrogens is 348 g/mol. The van der Waals surface area contributed by atoms with Crippen LogP contribution in [0.1, 0.15) is 16.9 Å². The predicted octanol–water partition coefficient (Wildman–Crippen LogP) is 3.56. The molecule has 0 spiro atoms. The molecule has 3 heterocycles. The molecule has 1 aromatic carbocycles. The van der Waals surface area contributed by atoms with Crippen molar-refractivity contribution in [1.82, 2.24) is 9.13 Å². The molecule has 0 radical (unpaired) electrons. The summed E-state index contributed by atoms with van der Waals surface area (Å²) >= 11 is 1.34. The third-order valence-corrected chi connectivity index (χ3v) is 5.18. The van der Waals surface area contributed by atoms with E-state index in [0.717, 1.165) is 11.1 Å². The summed E-state index contributed by atoms with van der Waals surface area (Å²) in [5.41, 5.74) is 2.03. The first-order chi connectivity index (χ1) is 12.7. The fraction of sp³-hybridized carbons (Fsp3) is 0.100. The molecule has 0 bridgehead atoms. The molecule has 0 atom stereocenters. The lowest BCUT2D eigenvalue weighted by atomic mass is 10.1. The molecule has 0 aliphatic rings. The summed E-state index contributed by atoms with van der Waals surface area (Å²) < 4.78 is 8.75. The molecular formula is C20H16N2O3S. The van der Waals surface area contributed by atoms with Crippen molar-refractivity contribution in [3.05, 3.63) is 98.4 Å². The third kappa shape index (κ3) is 2.84. The van der Waals surface area contributed by atoms with Crippen molar-refractivity contribution >= 4 is 27.6 Å². The van der Waals surface area contributed by atoms with Crippen LogP contribution in [-0.2, 0) is 13.1 Å². The summed E-state index contributed by atoms with van der Waals surface area (Å²) in [5.74, 6) is 0.571. The Morgan fingerprint density at radius 1 is 1.04 bits per heavy atom. The molecule has 5 nitrogen and oxygen atoms in total. The molecule has 6 heteroatoms. The Hall–Kier alpha value is -3.12. The molecule has 0 saturated heterocycles. The van der Waals surface area contributed by atoms with Gasteiger partial charge >= 0.3 is 5.69 Å². The number of hydrogen-bond donors (Lipinski definition) is 0. The van der Waals surface area contributed by atoms with Crippen molar-refractivity contribution in [2.75, 3.05) is 0 Å². The SMILES string of the molecule is C=Cc1ccc(Cn2c(=O)n(Cc3ccco3)c(=O)c3sccc32)cc1. The summed E-state index contributed by atoms with van der Waals surface area (Å²) in [6.07, 6.45) is 3.31. The van der Waals surface area contributed by atoms with Crippen LogP contribution in [0.4, 0.5) is 0 Å². The van der Waals surface area contributed by atoms with Crippen LogP contribution in [0.15, 0.2) is 74.7 Å². The van der Waals surface area contributed by atoms with Gasteiger partial charge in [0.15, 0.2) is 0 Å². The highest BCUT2D eigenvalue weighted by atomic mass is 32.1. The Labute approximate surface area is 153 Å². The highest BCUT2D eigenvalue weighted by Crippen LogP contribution is 2.17. The van der Waals surface area contributed by atoms with Gasteiger partial charge in [-0.3, -0.25) is 13.9 Å². The van der Waals surface area contributed by atoms with E-state index in [2.05, 4.69) is 6.58 Å². The molecule has 0 unspecified atom stereocenters. The van der Waals surface area contributed by atoms with E-state index in [1.165, 1.54) is 22.2 Å². The molecule has 0 aliphatic heterocycles. The molecule has 0 fully saturated rings. The lowest BCUT2D eigenvalue weighted by Crippen LogP contribution is -2.40. The number of fused-ring (bicyclic) bond motifs is 1. The van der Waals surface area contributed by atoms with Gasteiger partial charge < -0.3 is 4.42 Å². The number of thiophene rings is 1. The zero-order valence-electron chi connectivity index (χ0n) is 13.9. The molecule has 0 aliphatic carbocycles. The fourth-order valence-corrected chi connectivity index (χ4v) is 3.77. The van der Waals surface area contributed by atoms with Crippen LogP contribution in [0, 0.1) is 0 Å². The van der Waals surface area contributed by atoms with E-state index in [1.807, 2.05) is 35.7 Å². The number of hydrogen-bond acceptors (Lipinski definition) is 4. The van der Waals surface area contributed by atoms with Crippen LogP contribution in [0.2, 0.25) is 0 Å². The Morgan fingerprint density at radius 2 is 1.85 bits per heavy atom. The summed E-state index contributed by atoms with van der Waals surface area (Å²) in [7, 11) is 0. The molecule has 0 N–H and O–H groups in total. The molecule has 0 saturated carbocycles. The van der Waals surface area contributed by atoms with Crippen molar-refractivity contribution in [2.45, 2.75) is 13.1 Å². The first kappa shape index (κ1) is 16.4. The Bertz CT molecular complexity index is 1180. The van der Waals surface area contributed by atoms with Crippen LogP contribution in [0.25, 0.3) is 16.3 Å². The minimum absolute atomic E-state index is 0.119. The molecule has 3 aromatic heterocycles. The van der Waals surface area contributed by atoms with Crippen LogP contribution in [0.5, 0.6) is 0 Å². The Morgan fingerprint density at radius 3 is 2.54 bits per heavy atom. The van der Waals surface area contributed by atoms with Gasteiger partial charge in [0, 0.05) is 0 Å². The minimum Gasteiger partial charge on any atom is -0.467 e. The zero-order valence-corrected chi connectivity index (χ0v) is 14.7. The van der Waals surface area contributed by atoms with E-state index in [1.54, 1.807) is 22.8 Å². The maximum atomic E-state index is 13.0. The number of furan rings is 1. The fourth-order valence-electron chi connectivity index (χ4n) is 2.93.